The molecule has 0 heterocycles. The van der Waals surface area contributed by atoms with Crippen LogP contribution >= 0.6 is 0 Å². The van der Waals surface area contributed by atoms with E-state index in [2.05, 4.69) is 12.2 Å². The van der Waals surface area contributed by atoms with Crippen molar-refractivity contribution < 1.29 is 0 Å². The summed E-state index contributed by atoms with van der Waals surface area (Å²) in [4.78, 5) is 0. The zero-order valence-electron chi connectivity index (χ0n) is 11.1. The molecule has 0 unspecified atom stereocenters. The van der Waals surface area contributed by atoms with Gasteiger partial charge in [-0.05, 0) is 25.8 Å². The minimum atomic E-state index is 0.127. The fraction of sp³-hybridized carbons (Fsp3) is 1.00. The lowest BCUT2D eigenvalue weighted by molar-refractivity contribution is 0.401. The maximum absolute atomic E-state index is 6.28. The molecular weight excluding hydrogens is 196 g/mol. The molecule has 1 saturated carbocycles. The van der Waals surface area contributed by atoms with E-state index in [1.807, 2.05) is 0 Å². The second kappa shape index (κ2) is 8.08. The quantitative estimate of drug-likeness (QED) is 0.592. The van der Waals surface area contributed by atoms with Crippen molar-refractivity contribution in [3.05, 3.63) is 0 Å². The van der Waals surface area contributed by atoms with Gasteiger partial charge in [0.1, 0.15) is 0 Å². The van der Waals surface area contributed by atoms with E-state index in [0.29, 0.717) is 0 Å². The highest BCUT2D eigenvalue weighted by atomic mass is 14.9. The molecule has 2 nitrogen and oxygen atoms in total. The van der Waals surface area contributed by atoms with Crippen LogP contribution in [-0.2, 0) is 0 Å². The molecule has 16 heavy (non-hydrogen) atoms. The number of hydrogen-bond acceptors (Lipinski definition) is 2. The third-order valence-electron chi connectivity index (χ3n) is 3.78. The first-order chi connectivity index (χ1) is 7.77. The number of nitrogens with one attached hydrogen (secondary N) is 1. The molecule has 1 aliphatic rings. The predicted octanol–water partition coefficient (Wildman–Crippen LogP) is 3.21. The van der Waals surface area contributed by atoms with Gasteiger partial charge >= 0.3 is 0 Å². The summed E-state index contributed by atoms with van der Waals surface area (Å²) in [6, 6.07) is 0. The van der Waals surface area contributed by atoms with Crippen LogP contribution in [0.3, 0.4) is 0 Å². The molecule has 0 atom stereocenters. The number of hydrogen-bond donors (Lipinski definition) is 2. The van der Waals surface area contributed by atoms with Crippen LogP contribution in [0.15, 0.2) is 0 Å². The summed E-state index contributed by atoms with van der Waals surface area (Å²) in [5, 5.41) is 3.53. The topological polar surface area (TPSA) is 38.0 Å². The van der Waals surface area contributed by atoms with E-state index in [1.54, 1.807) is 0 Å². The van der Waals surface area contributed by atoms with Gasteiger partial charge in [-0.15, -0.1) is 0 Å². The first kappa shape index (κ1) is 14.0. The van der Waals surface area contributed by atoms with Crippen LogP contribution in [-0.4, -0.2) is 18.6 Å². The van der Waals surface area contributed by atoms with Crippen LogP contribution in [0.25, 0.3) is 0 Å². The first-order valence-electron chi connectivity index (χ1n) is 7.26. The van der Waals surface area contributed by atoms with Crippen molar-refractivity contribution in [3.8, 4) is 0 Å². The van der Waals surface area contributed by atoms with Crippen molar-refractivity contribution in [1.82, 2.24) is 5.32 Å². The third kappa shape index (κ3) is 5.86. The summed E-state index contributed by atoms with van der Waals surface area (Å²) in [6.07, 6.45) is 13.4. The zero-order valence-corrected chi connectivity index (χ0v) is 11.1. The van der Waals surface area contributed by atoms with Crippen molar-refractivity contribution in [2.45, 2.75) is 76.7 Å². The smallest absolute Gasteiger partial charge is 0.0280 e. The molecule has 0 amide bonds. The Morgan fingerprint density at radius 3 is 2.31 bits per heavy atom. The van der Waals surface area contributed by atoms with Gasteiger partial charge in [0.05, 0.1) is 0 Å². The average Bonchev–Trinajstić information content (AvgIpc) is 2.70. The van der Waals surface area contributed by atoms with Crippen molar-refractivity contribution in [3.63, 3.8) is 0 Å². The van der Waals surface area contributed by atoms with Gasteiger partial charge in [0.2, 0.25) is 0 Å². The normalized spacial score (nSPS) is 19.1. The van der Waals surface area contributed by atoms with E-state index in [1.165, 1.54) is 64.2 Å². The molecule has 0 aliphatic heterocycles. The van der Waals surface area contributed by atoms with E-state index in [0.717, 1.165) is 13.1 Å². The zero-order chi connectivity index (χ0) is 11.7. The molecule has 1 fully saturated rings. The van der Waals surface area contributed by atoms with Gasteiger partial charge in [0.25, 0.3) is 0 Å². The average molecular weight is 226 g/mol. The van der Waals surface area contributed by atoms with E-state index in [9.17, 15) is 0 Å². The lowest BCUT2D eigenvalue weighted by Crippen LogP contribution is -2.46. The Labute approximate surface area is 101 Å². The number of rotatable bonds is 9. The van der Waals surface area contributed by atoms with Gasteiger partial charge < -0.3 is 11.1 Å². The molecule has 0 radical (unpaired) electrons. The maximum Gasteiger partial charge on any atom is 0.0280 e. The minimum absolute atomic E-state index is 0.127. The first-order valence-corrected chi connectivity index (χ1v) is 7.26. The largest absolute Gasteiger partial charge is 0.324 e. The predicted molar refractivity (Wildman–Crippen MR) is 71.6 cm³/mol. The summed E-state index contributed by atoms with van der Waals surface area (Å²) in [7, 11) is 0. The van der Waals surface area contributed by atoms with Gasteiger partial charge in [-0.2, -0.15) is 0 Å². The van der Waals surface area contributed by atoms with Gasteiger partial charge in [-0.3, -0.25) is 0 Å². The van der Waals surface area contributed by atoms with Gasteiger partial charge in [-0.1, -0.05) is 51.9 Å². The molecule has 1 rings (SSSR count). The summed E-state index contributed by atoms with van der Waals surface area (Å²) >= 11 is 0. The fourth-order valence-electron chi connectivity index (χ4n) is 2.62. The molecule has 0 aromatic rings. The second-order valence-corrected chi connectivity index (χ2v) is 5.51. The van der Waals surface area contributed by atoms with Crippen LogP contribution in [0, 0.1) is 0 Å². The standard InChI is InChI=1S/C14H30N2/c1-2-3-4-5-6-9-12-16-13-14(15)10-7-8-11-14/h16H,2-13,15H2,1H3. The van der Waals surface area contributed by atoms with E-state index >= 15 is 0 Å². The lowest BCUT2D eigenvalue weighted by Gasteiger charge is -2.23. The van der Waals surface area contributed by atoms with E-state index < -0.39 is 0 Å². The molecule has 2 heteroatoms. The van der Waals surface area contributed by atoms with Crippen molar-refractivity contribution in [1.29, 1.82) is 0 Å². The molecule has 0 bridgehead atoms. The monoisotopic (exact) mass is 226 g/mol. The van der Waals surface area contributed by atoms with Crippen LogP contribution in [0.5, 0.6) is 0 Å². The summed E-state index contributed by atoms with van der Waals surface area (Å²) in [6.45, 7) is 4.46. The molecule has 0 saturated heterocycles. The highest BCUT2D eigenvalue weighted by molar-refractivity contribution is 4.90. The third-order valence-corrected chi connectivity index (χ3v) is 3.78. The molecular formula is C14H30N2. The Kier molecular flexibility index (Phi) is 7.06. The minimum Gasteiger partial charge on any atom is -0.324 e. The molecule has 96 valence electrons. The highest BCUT2D eigenvalue weighted by Crippen LogP contribution is 2.26. The lowest BCUT2D eigenvalue weighted by atomic mass is 9.99. The second-order valence-electron chi connectivity index (χ2n) is 5.51. The molecule has 1 aliphatic carbocycles. The number of unbranched alkanes of at least 4 members (excludes halogenated alkanes) is 5. The fourth-order valence-corrected chi connectivity index (χ4v) is 2.62. The number of nitrogens with two attached hydrogens (primary N) is 1. The van der Waals surface area contributed by atoms with Crippen LogP contribution in [0.4, 0.5) is 0 Å². The molecule has 3 N–H and O–H groups in total. The highest BCUT2D eigenvalue weighted by Gasteiger charge is 2.28. The van der Waals surface area contributed by atoms with E-state index in [4.69, 9.17) is 5.73 Å². The van der Waals surface area contributed by atoms with Crippen LogP contribution in [0.2, 0.25) is 0 Å². The SMILES string of the molecule is CCCCCCCCNCC1(N)CCCC1. The van der Waals surface area contributed by atoms with E-state index in [-0.39, 0.29) is 5.54 Å². The Morgan fingerprint density at radius 2 is 1.62 bits per heavy atom. The van der Waals surface area contributed by atoms with Crippen molar-refractivity contribution >= 4 is 0 Å². The maximum atomic E-state index is 6.28. The Balaban J connectivity index is 1.84. The van der Waals surface area contributed by atoms with Crippen LogP contribution < -0.4 is 11.1 Å². The van der Waals surface area contributed by atoms with Crippen molar-refractivity contribution in [2.75, 3.05) is 13.1 Å². The van der Waals surface area contributed by atoms with Gasteiger partial charge in [-0.25, -0.2) is 0 Å². The Morgan fingerprint density at radius 1 is 1.00 bits per heavy atom. The van der Waals surface area contributed by atoms with Gasteiger partial charge in [0, 0.05) is 12.1 Å². The summed E-state index contributed by atoms with van der Waals surface area (Å²) < 4.78 is 0. The van der Waals surface area contributed by atoms with Crippen LogP contribution in [0.1, 0.15) is 71.1 Å². The summed E-state index contributed by atoms with van der Waals surface area (Å²) in [5.41, 5.74) is 6.40. The Hall–Kier alpha value is -0.0800. The van der Waals surface area contributed by atoms with Gasteiger partial charge in [0.15, 0.2) is 0 Å². The van der Waals surface area contributed by atoms with Crippen molar-refractivity contribution in [2.24, 2.45) is 5.73 Å². The summed E-state index contributed by atoms with van der Waals surface area (Å²) in [5.74, 6) is 0. The molecule has 0 spiro atoms. The molecule has 0 aromatic carbocycles. The Bertz CT molecular complexity index is 162. The molecule has 0 aromatic heterocycles.